The highest BCUT2D eigenvalue weighted by Gasteiger charge is 2.38. The molecule has 1 aromatic heterocycles. The van der Waals surface area contributed by atoms with Crippen LogP contribution in [0.5, 0.6) is 0 Å². The Bertz CT molecular complexity index is 833. The number of hydrogen-bond donors (Lipinski definition) is 2. The molecule has 0 spiro atoms. The average molecular weight is 507 g/mol. The molecule has 10 nitrogen and oxygen atoms in total. The molecule has 1 aliphatic carbocycles. The van der Waals surface area contributed by atoms with Crippen LogP contribution in [0.25, 0.3) is 0 Å². The highest BCUT2D eigenvalue weighted by molar-refractivity contribution is 5.90. The van der Waals surface area contributed by atoms with Gasteiger partial charge in [0, 0.05) is 32.1 Å². The Morgan fingerprint density at radius 1 is 1.09 bits per heavy atom. The summed E-state index contributed by atoms with van der Waals surface area (Å²) in [6.07, 6.45) is 4.17. The lowest BCUT2D eigenvalue weighted by Gasteiger charge is -2.31. The number of likely N-dealkylation sites (N-methyl/N-ethyl adjacent to an activating group) is 1. The Morgan fingerprint density at radius 2 is 1.69 bits per heavy atom. The third-order valence-electron chi connectivity index (χ3n) is 6.33. The molecular formula is C22H33F3N4O6. The van der Waals surface area contributed by atoms with Gasteiger partial charge in [-0.15, -0.1) is 0 Å². The molecular weight excluding hydrogens is 473 g/mol. The van der Waals surface area contributed by atoms with Crippen LogP contribution in [0, 0.1) is 5.92 Å². The zero-order valence-electron chi connectivity index (χ0n) is 19.8. The summed E-state index contributed by atoms with van der Waals surface area (Å²) in [6, 6.07) is 0. The first-order valence-corrected chi connectivity index (χ1v) is 11.8. The van der Waals surface area contributed by atoms with Crippen molar-refractivity contribution in [1.82, 2.24) is 19.9 Å². The van der Waals surface area contributed by atoms with Crippen molar-refractivity contribution in [1.29, 1.82) is 0 Å². The number of piperazine rings is 1. The van der Waals surface area contributed by atoms with Gasteiger partial charge < -0.3 is 24.5 Å². The summed E-state index contributed by atoms with van der Waals surface area (Å²) in [5.74, 6) is -3.12. The number of carboxylic acids is 2. The fourth-order valence-electron chi connectivity index (χ4n) is 4.29. The molecule has 2 fully saturated rings. The molecule has 35 heavy (non-hydrogen) atoms. The Hall–Kier alpha value is -2.70. The predicted octanol–water partition coefficient (Wildman–Crippen LogP) is 3.40. The van der Waals surface area contributed by atoms with Crippen molar-refractivity contribution in [3.63, 3.8) is 0 Å². The third-order valence-corrected chi connectivity index (χ3v) is 6.33. The van der Waals surface area contributed by atoms with Crippen molar-refractivity contribution in [3.05, 3.63) is 11.7 Å². The first-order valence-electron chi connectivity index (χ1n) is 11.8. The largest absolute Gasteiger partial charge is 0.490 e. The minimum Gasteiger partial charge on any atom is -0.481 e. The van der Waals surface area contributed by atoms with E-state index in [1.54, 1.807) is 4.90 Å². The Labute approximate surface area is 201 Å². The Morgan fingerprint density at radius 3 is 2.23 bits per heavy atom. The maximum Gasteiger partial charge on any atom is 0.490 e. The van der Waals surface area contributed by atoms with Gasteiger partial charge in [-0.3, -0.25) is 9.59 Å². The van der Waals surface area contributed by atoms with E-state index in [1.165, 1.54) is 32.1 Å². The zero-order chi connectivity index (χ0) is 26.0. The van der Waals surface area contributed by atoms with Crippen molar-refractivity contribution in [2.75, 3.05) is 33.2 Å². The highest BCUT2D eigenvalue weighted by atomic mass is 19.4. The lowest BCUT2D eigenvalue weighted by molar-refractivity contribution is -0.192. The minimum absolute atomic E-state index is 0.0437. The molecule has 0 bridgehead atoms. The first-order chi connectivity index (χ1) is 16.5. The fourth-order valence-corrected chi connectivity index (χ4v) is 4.29. The smallest absolute Gasteiger partial charge is 0.481 e. The van der Waals surface area contributed by atoms with Crippen LogP contribution < -0.4 is 0 Å². The van der Waals surface area contributed by atoms with Gasteiger partial charge in [0.15, 0.2) is 0 Å². The van der Waals surface area contributed by atoms with E-state index in [9.17, 15) is 27.9 Å². The van der Waals surface area contributed by atoms with Gasteiger partial charge in [0.1, 0.15) is 0 Å². The number of carbonyl (C=O) groups excluding carboxylic acids is 1. The lowest BCUT2D eigenvalue weighted by atomic mass is 9.84. The standard InChI is InChI=1S/C20H32N4O4.C2HF3O2/c1-23-10-12-24(13-11-23)20(27)18-21-19(28-22-18)16(14-17(25)26)9-5-8-15-6-3-2-4-7-15;3-2(4,5)1(6)7/h15-16H,2-14H2,1H3,(H,25,26);(H,6,7)/t16-;/m1./s1. The van der Waals surface area contributed by atoms with Crippen molar-refractivity contribution < 1.29 is 42.3 Å². The summed E-state index contributed by atoms with van der Waals surface area (Å²) in [5, 5.41) is 20.2. The number of rotatable bonds is 8. The second-order valence-electron chi connectivity index (χ2n) is 9.08. The van der Waals surface area contributed by atoms with E-state index in [2.05, 4.69) is 15.0 Å². The van der Waals surface area contributed by atoms with Crippen molar-refractivity contribution in [2.24, 2.45) is 5.92 Å². The van der Waals surface area contributed by atoms with E-state index in [1.807, 2.05) is 7.05 Å². The van der Waals surface area contributed by atoms with Crippen molar-refractivity contribution in [3.8, 4) is 0 Å². The van der Waals surface area contributed by atoms with Gasteiger partial charge in [0.25, 0.3) is 11.7 Å². The number of aliphatic carboxylic acids is 2. The topological polar surface area (TPSA) is 137 Å². The van der Waals surface area contributed by atoms with Crippen LogP contribution in [-0.4, -0.2) is 87.4 Å². The van der Waals surface area contributed by atoms with E-state index in [0.29, 0.717) is 19.5 Å². The molecule has 2 heterocycles. The van der Waals surface area contributed by atoms with Crippen LogP contribution in [0.3, 0.4) is 0 Å². The van der Waals surface area contributed by atoms with E-state index in [-0.39, 0.29) is 30.0 Å². The van der Waals surface area contributed by atoms with Gasteiger partial charge >= 0.3 is 18.1 Å². The molecule has 0 aromatic carbocycles. The number of aromatic nitrogens is 2. The molecule has 1 atom stereocenters. The Balaban J connectivity index is 0.000000540. The third kappa shape index (κ3) is 9.82. The molecule has 1 aromatic rings. The second-order valence-corrected chi connectivity index (χ2v) is 9.08. The van der Waals surface area contributed by atoms with Gasteiger partial charge in [-0.25, -0.2) is 4.79 Å². The summed E-state index contributed by atoms with van der Waals surface area (Å²) >= 11 is 0. The van der Waals surface area contributed by atoms with Gasteiger partial charge in [-0.1, -0.05) is 50.1 Å². The molecule has 1 saturated heterocycles. The molecule has 3 rings (SSSR count). The normalized spacial score (nSPS) is 18.5. The van der Waals surface area contributed by atoms with Crippen LogP contribution in [0.1, 0.15) is 80.2 Å². The predicted molar refractivity (Wildman–Crippen MR) is 117 cm³/mol. The van der Waals surface area contributed by atoms with Gasteiger partial charge in [-0.05, 0) is 19.4 Å². The molecule has 13 heteroatoms. The maximum atomic E-state index is 12.6. The molecule has 0 unspecified atom stereocenters. The minimum atomic E-state index is -5.08. The monoisotopic (exact) mass is 506 g/mol. The summed E-state index contributed by atoms with van der Waals surface area (Å²) in [5.41, 5.74) is 0. The number of nitrogens with zero attached hydrogens (tertiary/aromatic N) is 4. The van der Waals surface area contributed by atoms with Gasteiger partial charge in [-0.2, -0.15) is 18.2 Å². The quantitative estimate of drug-likeness (QED) is 0.543. The van der Waals surface area contributed by atoms with E-state index < -0.39 is 18.1 Å². The van der Waals surface area contributed by atoms with E-state index >= 15 is 0 Å². The first kappa shape index (κ1) is 28.5. The number of carboxylic acid groups (broad SMARTS) is 2. The van der Waals surface area contributed by atoms with E-state index in [4.69, 9.17) is 14.4 Å². The number of carbonyl (C=O) groups is 3. The maximum absolute atomic E-state index is 12.6. The van der Waals surface area contributed by atoms with Crippen molar-refractivity contribution >= 4 is 17.8 Å². The molecule has 2 N–H and O–H groups in total. The number of halogens is 3. The summed E-state index contributed by atoms with van der Waals surface area (Å²) in [6.45, 7) is 2.91. The molecule has 0 radical (unpaired) electrons. The molecule has 1 saturated carbocycles. The Kier molecular flexibility index (Phi) is 10.9. The molecule has 198 valence electrons. The second kappa shape index (κ2) is 13.4. The summed E-state index contributed by atoms with van der Waals surface area (Å²) in [4.78, 5) is 41.0. The molecule has 2 aliphatic rings. The fraction of sp³-hybridized carbons (Fsp3) is 0.773. The van der Waals surface area contributed by atoms with Crippen LogP contribution in [0.2, 0.25) is 0 Å². The zero-order valence-corrected chi connectivity index (χ0v) is 19.8. The van der Waals surface area contributed by atoms with Crippen LogP contribution >= 0.6 is 0 Å². The summed E-state index contributed by atoms with van der Waals surface area (Å²) in [7, 11) is 2.03. The van der Waals surface area contributed by atoms with Crippen LogP contribution in [-0.2, 0) is 9.59 Å². The number of amides is 1. The van der Waals surface area contributed by atoms with Crippen LogP contribution in [0.15, 0.2) is 4.52 Å². The average Bonchev–Trinajstić information content (AvgIpc) is 3.29. The summed E-state index contributed by atoms with van der Waals surface area (Å²) < 4.78 is 37.1. The number of alkyl halides is 3. The van der Waals surface area contributed by atoms with Gasteiger partial charge in [0.2, 0.25) is 5.89 Å². The SMILES string of the molecule is CN1CCN(C(=O)c2noc([C@H](CCCC3CCCCC3)CC(=O)O)n2)CC1.O=C(O)C(F)(F)F. The van der Waals surface area contributed by atoms with Crippen molar-refractivity contribution in [2.45, 2.75) is 69.9 Å². The molecule has 1 amide bonds. The number of hydrogen-bond acceptors (Lipinski definition) is 7. The highest BCUT2D eigenvalue weighted by Crippen LogP contribution is 2.31. The molecule has 1 aliphatic heterocycles. The van der Waals surface area contributed by atoms with E-state index in [0.717, 1.165) is 31.8 Å². The van der Waals surface area contributed by atoms with Crippen LogP contribution in [0.4, 0.5) is 13.2 Å². The lowest BCUT2D eigenvalue weighted by Crippen LogP contribution is -2.47. The van der Waals surface area contributed by atoms with Gasteiger partial charge in [0.05, 0.1) is 6.42 Å².